The van der Waals surface area contributed by atoms with Gasteiger partial charge in [0.25, 0.3) is 0 Å². The normalized spacial score (nSPS) is 14.7. The monoisotopic (exact) mass is 222 g/mol. The van der Waals surface area contributed by atoms with Crippen LogP contribution in [0, 0.1) is 0 Å². The van der Waals surface area contributed by atoms with Gasteiger partial charge in [-0.05, 0) is 30.5 Å². The number of pyridine rings is 1. The van der Waals surface area contributed by atoms with Gasteiger partial charge < -0.3 is 10.1 Å². The molecular weight excluding hydrogens is 200 g/mol. The Bertz CT molecular complexity index is 277. The van der Waals surface area contributed by atoms with Crippen LogP contribution in [0.25, 0.3) is 0 Å². The van der Waals surface area contributed by atoms with Gasteiger partial charge in [-0.15, -0.1) is 0 Å². The molecule has 0 aromatic carbocycles. The zero-order valence-corrected chi connectivity index (χ0v) is 10.4. The van der Waals surface area contributed by atoms with E-state index in [0.717, 1.165) is 19.4 Å². The van der Waals surface area contributed by atoms with E-state index in [9.17, 15) is 0 Å². The van der Waals surface area contributed by atoms with Crippen LogP contribution in [0.3, 0.4) is 0 Å². The van der Waals surface area contributed by atoms with Gasteiger partial charge in [0.1, 0.15) is 0 Å². The van der Waals surface area contributed by atoms with E-state index in [0.29, 0.717) is 12.1 Å². The summed E-state index contributed by atoms with van der Waals surface area (Å²) in [7, 11) is 1.75. The van der Waals surface area contributed by atoms with Gasteiger partial charge in [0.2, 0.25) is 0 Å². The maximum absolute atomic E-state index is 5.20. The summed E-state index contributed by atoms with van der Waals surface area (Å²) in [5, 5.41) is 3.62. The van der Waals surface area contributed by atoms with Gasteiger partial charge in [-0.1, -0.05) is 13.8 Å². The number of nitrogens with zero attached hydrogens (tertiary/aromatic N) is 1. The molecule has 0 aliphatic heterocycles. The first kappa shape index (κ1) is 13.1. The van der Waals surface area contributed by atoms with E-state index in [1.54, 1.807) is 7.11 Å². The minimum Gasteiger partial charge on any atom is -0.383 e. The summed E-state index contributed by atoms with van der Waals surface area (Å²) in [6, 6.07) is 4.95. The lowest BCUT2D eigenvalue weighted by Gasteiger charge is -2.24. The minimum atomic E-state index is 0.392. The average molecular weight is 222 g/mol. The number of rotatable bonds is 7. The van der Waals surface area contributed by atoms with Crippen LogP contribution in [-0.4, -0.2) is 24.7 Å². The molecule has 3 heteroatoms. The molecule has 2 atom stereocenters. The molecule has 0 spiro atoms. The lowest BCUT2D eigenvalue weighted by Crippen LogP contribution is -2.35. The number of methoxy groups -OCH3 is 1. The Balaban J connectivity index is 2.61. The van der Waals surface area contributed by atoms with Gasteiger partial charge >= 0.3 is 0 Å². The standard InChI is InChI=1S/C13H22N2O/c1-4-12(10-16-3)15-13(5-2)11-6-8-14-9-7-11/h6-9,12-13,15H,4-5,10H2,1-3H3. The Morgan fingerprint density at radius 1 is 1.25 bits per heavy atom. The summed E-state index contributed by atoms with van der Waals surface area (Å²) in [6.07, 6.45) is 5.84. The second-order valence-electron chi connectivity index (χ2n) is 3.97. The summed E-state index contributed by atoms with van der Waals surface area (Å²) in [6.45, 7) is 5.13. The Kier molecular flexibility index (Phi) is 6.04. The first-order valence-electron chi connectivity index (χ1n) is 5.96. The molecular formula is C13H22N2O. The third-order valence-electron chi connectivity index (χ3n) is 2.81. The maximum atomic E-state index is 5.20. The van der Waals surface area contributed by atoms with E-state index < -0.39 is 0 Å². The van der Waals surface area contributed by atoms with Gasteiger partial charge in [-0.25, -0.2) is 0 Å². The van der Waals surface area contributed by atoms with Crippen molar-refractivity contribution in [2.24, 2.45) is 0 Å². The molecule has 0 amide bonds. The number of hydrogen-bond acceptors (Lipinski definition) is 3. The van der Waals surface area contributed by atoms with Crippen molar-refractivity contribution in [3.05, 3.63) is 30.1 Å². The SMILES string of the molecule is CCC(COC)NC(CC)c1ccncc1. The molecule has 1 rings (SSSR count). The molecule has 3 nitrogen and oxygen atoms in total. The van der Waals surface area contributed by atoms with Gasteiger partial charge in [0.05, 0.1) is 6.61 Å². The van der Waals surface area contributed by atoms with Crippen molar-refractivity contribution in [3.8, 4) is 0 Å². The third-order valence-corrected chi connectivity index (χ3v) is 2.81. The van der Waals surface area contributed by atoms with Crippen LogP contribution >= 0.6 is 0 Å². The highest BCUT2D eigenvalue weighted by Crippen LogP contribution is 2.16. The van der Waals surface area contributed by atoms with Crippen molar-refractivity contribution < 1.29 is 4.74 Å². The highest BCUT2D eigenvalue weighted by molar-refractivity contribution is 5.14. The predicted molar refractivity (Wildman–Crippen MR) is 66.4 cm³/mol. The van der Waals surface area contributed by atoms with Crippen LogP contribution in [0.5, 0.6) is 0 Å². The summed E-state index contributed by atoms with van der Waals surface area (Å²) in [5.74, 6) is 0. The molecule has 1 aromatic heterocycles. The maximum Gasteiger partial charge on any atom is 0.0615 e. The fourth-order valence-electron chi connectivity index (χ4n) is 1.82. The Labute approximate surface area is 98.2 Å². The van der Waals surface area contributed by atoms with E-state index in [1.807, 2.05) is 12.4 Å². The number of ether oxygens (including phenoxy) is 1. The summed E-state index contributed by atoms with van der Waals surface area (Å²) in [4.78, 5) is 4.05. The van der Waals surface area contributed by atoms with Crippen LogP contribution in [0.1, 0.15) is 38.3 Å². The molecule has 1 N–H and O–H groups in total. The molecule has 0 aliphatic rings. The van der Waals surface area contributed by atoms with Crippen LogP contribution in [-0.2, 0) is 4.74 Å². The fraction of sp³-hybridized carbons (Fsp3) is 0.615. The molecule has 0 saturated carbocycles. The van der Waals surface area contributed by atoms with Crippen LogP contribution in [0.2, 0.25) is 0 Å². The van der Waals surface area contributed by atoms with Crippen molar-refractivity contribution in [2.45, 2.75) is 38.8 Å². The largest absolute Gasteiger partial charge is 0.383 e. The zero-order chi connectivity index (χ0) is 11.8. The topological polar surface area (TPSA) is 34.1 Å². The molecule has 2 unspecified atom stereocenters. The van der Waals surface area contributed by atoms with E-state index in [4.69, 9.17) is 4.74 Å². The summed E-state index contributed by atoms with van der Waals surface area (Å²) in [5.41, 5.74) is 1.30. The second-order valence-corrected chi connectivity index (χ2v) is 3.97. The van der Waals surface area contributed by atoms with Gasteiger partial charge in [-0.3, -0.25) is 4.98 Å². The van der Waals surface area contributed by atoms with Crippen molar-refractivity contribution in [1.29, 1.82) is 0 Å². The minimum absolute atomic E-state index is 0.392. The smallest absolute Gasteiger partial charge is 0.0615 e. The van der Waals surface area contributed by atoms with E-state index in [-0.39, 0.29) is 0 Å². The predicted octanol–water partition coefficient (Wildman–Crippen LogP) is 2.55. The molecule has 0 aliphatic carbocycles. The molecule has 1 aromatic rings. The van der Waals surface area contributed by atoms with Crippen molar-refractivity contribution >= 4 is 0 Å². The molecule has 90 valence electrons. The molecule has 16 heavy (non-hydrogen) atoms. The van der Waals surface area contributed by atoms with Gasteiger partial charge in [0.15, 0.2) is 0 Å². The summed E-state index contributed by atoms with van der Waals surface area (Å²) < 4.78 is 5.20. The van der Waals surface area contributed by atoms with Crippen LogP contribution < -0.4 is 5.32 Å². The van der Waals surface area contributed by atoms with Crippen molar-refractivity contribution in [3.63, 3.8) is 0 Å². The number of aromatic nitrogens is 1. The third kappa shape index (κ3) is 3.91. The second kappa shape index (κ2) is 7.36. The lowest BCUT2D eigenvalue weighted by molar-refractivity contribution is 0.158. The molecule has 0 saturated heterocycles. The molecule has 0 bridgehead atoms. The molecule has 1 heterocycles. The molecule has 0 radical (unpaired) electrons. The van der Waals surface area contributed by atoms with Crippen molar-refractivity contribution in [1.82, 2.24) is 10.3 Å². The molecule has 0 fully saturated rings. The average Bonchev–Trinajstić information content (AvgIpc) is 2.35. The quantitative estimate of drug-likeness (QED) is 0.770. The van der Waals surface area contributed by atoms with E-state index in [2.05, 4.69) is 36.3 Å². The highest BCUT2D eigenvalue weighted by Gasteiger charge is 2.13. The van der Waals surface area contributed by atoms with Crippen molar-refractivity contribution in [2.75, 3.05) is 13.7 Å². The zero-order valence-electron chi connectivity index (χ0n) is 10.4. The summed E-state index contributed by atoms with van der Waals surface area (Å²) >= 11 is 0. The number of hydrogen-bond donors (Lipinski definition) is 1. The first-order valence-corrected chi connectivity index (χ1v) is 5.96. The first-order chi connectivity index (χ1) is 7.81. The highest BCUT2D eigenvalue weighted by atomic mass is 16.5. The fourth-order valence-corrected chi connectivity index (χ4v) is 1.82. The number of nitrogens with one attached hydrogen (secondary N) is 1. The van der Waals surface area contributed by atoms with Crippen LogP contribution in [0.15, 0.2) is 24.5 Å². The Morgan fingerprint density at radius 3 is 2.44 bits per heavy atom. The van der Waals surface area contributed by atoms with Gasteiger partial charge in [-0.2, -0.15) is 0 Å². The van der Waals surface area contributed by atoms with Crippen LogP contribution in [0.4, 0.5) is 0 Å². The van der Waals surface area contributed by atoms with E-state index in [1.165, 1.54) is 5.56 Å². The van der Waals surface area contributed by atoms with Gasteiger partial charge in [0, 0.05) is 31.6 Å². The Morgan fingerprint density at radius 2 is 1.94 bits per heavy atom. The van der Waals surface area contributed by atoms with E-state index >= 15 is 0 Å². The lowest BCUT2D eigenvalue weighted by atomic mass is 10.0. The Hall–Kier alpha value is -0.930.